The number of halogens is 1. The van der Waals surface area contributed by atoms with Crippen LogP contribution in [0.3, 0.4) is 0 Å². The molecule has 0 saturated carbocycles. The minimum atomic E-state index is -0.728. The quantitative estimate of drug-likeness (QED) is 0.362. The Hall–Kier alpha value is -4.24. The van der Waals surface area contributed by atoms with Crippen LogP contribution in [0.1, 0.15) is 10.4 Å². The van der Waals surface area contributed by atoms with Gasteiger partial charge in [-0.15, -0.1) is 0 Å². The van der Waals surface area contributed by atoms with E-state index in [1.54, 1.807) is 48.5 Å². The number of non-ortho nitro benzene ring substituents is 1. The van der Waals surface area contributed by atoms with Crippen molar-refractivity contribution in [3.8, 4) is 17.1 Å². The fraction of sp³-hybridized carbons (Fsp3) is 0.0455. The van der Waals surface area contributed by atoms with E-state index in [1.807, 2.05) is 0 Å². The number of nitro benzene ring substituents is 1. The van der Waals surface area contributed by atoms with Gasteiger partial charge in [-0.25, -0.2) is 4.98 Å². The van der Waals surface area contributed by atoms with Crippen LogP contribution in [0.25, 0.3) is 22.3 Å². The molecule has 0 saturated heterocycles. The van der Waals surface area contributed by atoms with Crippen LogP contribution in [0, 0.1) is 10.1 Å². The Morgan fingerprint density at radius 1 is 1.12 bits per heavy atom. The monoisotopic (exact) mass is 450 g/mol. The molecule has 0 spiro atoms. The van der Waals surface area contributed by atoms with Crippen molar-refractivity contribution in [2.45, 2.75) is 0 Å². The molecule has 0 unspecified atom stereocenters. The molecule has 160 valence electrons. The van der Waals surface area contributed by atoms with Crippen molar-refractivity contribution in [1.82, 2.24) is 9.66 Å². The van der Waals surface area contributed by atoms with Crippen molar-refractivity contribution in [1.29, 1.82) is 0 Å². The molecule has 9 nitrogen and oxygen atoms in total. The van der Waals surface area contributed by atoms with Crippen molar-refractivity contribution in [2.24, 2.45) is 0 Å². The van der Waals surface area contributed by atoms with Crippen molar-refractivity contribution in [3.63, 3.8) is 0 Å². The highest BCUT2D eigenvalue weighted by molar-refractivity contribution is 6.34. The highest BCUT2D eigenvalue weighted by Gasteiger charge is 2.19. The molecule has 1 N–H and O–H groups in total. The third kappa shape index (κ3) is 3.88. The third-order valence-electron chi connectivity index (χ3n) is 4.73. The molecule has 4 rings (SSSR count). The number of nitrogens with zero attached hydrogens (tertiary/aromatic N) is 3. The van der Waals surface area contributed by atoms with Gasteiger partial charge in [-0.05, 0) is 30.3 Å². The Morgan fingerprint density at radius 3 is 2.62 bits per heavy atom. The Bertz CT molecular complexity index is 1430. The first-order valence-electron chi connectivity index (χ1n) is 9.30. The second kappa shape index (κ2) is 8.48. The SMILES string of the molecule is COc1cccc(-c2nc3ccccc3c(=O)n2NC(=O)c2ccc([N+](=O)[O-])cc2Cl)c1. The molecule has 0 atom stereocenters. The number of para-hydroxylation sites is 1. The van der Waals surface area contributed by atoms with Gasteiger partial charge in [0.2, 0.25) is 0 Å². The Labute approximate surface area is 186 Å². The lowest BCUT2D eigenvalue weighted by Crippen LogP contribution is -2.35. The summed E-state index contributed by atoms with van der Waals surface area (Å²) < 4.78 is 6.28. The molecule has 1 aromatic heterocycles. The van der Waals surface area contributed by atoms with Gasteiger partial charge < -0.3 is 4.74 Å². The Balaban J connectivity index is 1.86. The van der Waals surface area contributed by atoms with Gasteiger partial charge in [0.1, 0.15) is 5.75 Å². The molecule has 3 aromatic carbocycles. The van der Waals surface area contributed by atoms with Gasteiger partial charge in [-0.1, -0.05) is 35.9 Å². The zero-order valence-electron chi connectivity index (χ0n) is 16.6. The van der Waals surface area contributed by atoms with Gasteiger partial charge in [-0.2, -0.15) is 4.68 Å². The third-order valence-corrected chi connectivity index (χ3v) is 5.04. The molecule has 0 aliphatic heterocycles. The molecule has 0 bridgehead atoms. The summed E-state index contributed by atoms with van der Waals surface area (Å²) in [4.78, 5) is 41.0. The summed E-state index contributed by atoms with van der Waals surface area (Å²) >= 11 is 6.08. The predicted octanol–water partition coefficient (Wildman–Crippen LogP) is 4.02. The number of rotatable bonds is 5. The summed E-state index contributed by atoms with van der Waals surface area (Å²) in [6.07, 6.45) is 0. The number of carbonyl (C=O) groups excluding carboxylic acids is 1. The second-order valence-electron chi connectivity index (χ2n) is 6.69. The molecule has 1 heterocycles. The van der Waals surface area contributed by atoms with Gasteiger partial charge in [0.25, 0.3) is 17.2 Å². The maximum Gasteiger partial charge on any atom is 0.280 e. The average molecular weight is 451 g/mol. The number of nitro groups is 1. The highest BCUT2D eigenvalue weighted by atomic mass is 35.5. The van der Waals surface area contributed by atoms with E-state index in [0.29, 0.717) is 22.2 Å². The maximum atomic E-state index is 13.2. The summed E-state index contributed by atoms with van der Waals surface area (Å²) in [7, 11) is 1.51. The minimum Gasteiger partial charge on any atom is -0.497 e. The van der Waals surface area contributed by atoms with Gasteiger partial charge in [0.05, 0.1) is 33.5 Å². The lowest BCUT2D eigenvalue weighted by atomic mass is 10.1. The summed E-state index contributed by atoms with van der Waals surface area (Å²) in [6, 6.07) is 17.1. The summed E-state index contributed by atoms with van der Waals surface area (Å²) in [5.41, 5.74) is 2.71. The molecule has 1 amide bonds. The molecule has 0 aliphatic carbocycles. The molecule has 0 aliphatic rings. The van der Waals surface area contributed by atoms with Gasteiger partial charge in [0.15, 0.2) is 5.82 Å². The molecule has 10 heteroatoms. The van der Waals surface area contributed by atoms with Crippen molar-refractivity contribution in [2.75, 3.05) is 12.5 Å². The Kier molecular flexibility index (Phi) is 5.57. The molecule has 0 radical (unpaired) electrons. The standard InChI is InChI=1S/C22H15ClN4O5/c1-32-15-6-4-5-13(11-15)20-24-19-8-3-2-7-17(19)22(29)26(20)25-21(28)16-10-9-14(27(30)31)12-18(16)23/h2-12H,1H3,(H,25,28). The lowest BCUT2D eigenvalue weighted by molar-refractivity contribution is -0.384. The molecular formula is C22H15ClN4O5. The number of amides is 1. The van der Waals surface area contributed by atoms with E-state index in [9.17, 15) is 19.7 Å². The fourth-order valence-electron chi connectivity index (χ4n) is 3.16. The first kappa shape index (κ1) is 21.0. The zero-order chi connectivity index (χ0) is 22.8. The summed E-state index contributed by atoms with van der Waals surface area (Å²) in [6.45, 7) is 0. The maximum absolute atomic E-state index is 13.2. The molecule has 32 heavy (non-hydrogen) atoms. The fourth-order valence-corrected chi connectivity index (χ4v) is 3.42. The van der Waals surface area contributed by atoms with E-state index in [4.69, 9.17) is 16.3 Å². The zero-order valence-corrected chi connectivity index (χ0v) is 17.4. The van der Waals surface area contributed by atoms with Gasteiger partial charge in [-0.3, -0.25) is 25.1 Å². The van der Waals surface area contributed by atoms with Crippen LogP contribution >= 0.6 is 11.6 Å². The number of methoxy groups -OCH3 is 1. The lowest BCUT2D eigenvalue weighted by Gasteiger charge is -2.15. The molecular weight excluding hydrogens is 436 g/mol. The van der Waals surface area contributed by atoms with Crippen LogP contribution in [-0.4, -0.2) is 27.6 Å². The van der Waals surface area contributed by atoms with Gasteiger partial charge >= 0.3 is 0 Å². The largest absolute Gasteiger partial charge is 0.497 e. The smallest absolute Gasteiger partial charge is 0.280 e. The Morgan fingerprint density at radius 2 is 1.91 bits per heavy atom. The first-order valence-corrected chi connectivity index (χ1v) is 9.68. The number of benzene rings is 3. The van der Waals surface area contributed by atoms with Crippen LogP contribution in [0.15, 0.2) is 71.5 Å². The van der Waals surface area contributed by atoms with E-state index < -0.39 is 16.4 Å². The van der Waals surface area contributed by atoms with E-state index >= 15 is 0 Å². The van der Waals surface area contributed by atoms with E-state index in [0.717, 1.165) is 16.8 Å². The number of hydrogen-bond donors (Lipinski definition) is 1. The van der Waals surface area contributed by atoms with Crippen LogP contribution in [0.5, 0.6) is 5.75 Å². The normalized spacial score (nSPS) is 10.7. The minimum absolute atomic E-state index is 0.0334. The summed E-state index contributed by atoms with van der Waals surface area (Å²) in [5.74, 6) is -0.00610. The van der Waals surface area contributed by atoms with Crippen LogP contribution in [0.2, 0.25) is 5.02 Å². The number of hydrogen-bond acceptors (Lipinski definition) is 6. The summed E-state index contributed by atoms with van der Waals surface area (Å²) in [5, 5.41) is 11.1. The van der Waals surface area contributed by atoms with E-state index in [-0.39, 0.29) is 22.1 Å². The van der Waals surface area contributed by atoms with Crippen LogP contribution < -0.4 is 15.7 Å². The van der Waals surface area contributed by atoms with Crippen molar-refractivity contribution in [3.05, 3.63) is 97.8 Å². The van der Waals surface area contributed by atoms with Crippen molar-refractivity contribution < 1.29 is 14.5 Å². The number of fused-ring (bicyclic) bond motifs is 1. The highest BCUT2D eigenvalue weighted by Crippen LogP contribution is 2.25. The van der Waals surface area contributed by atoms with Gasteiger partial charge in [0, 0.05) is 17.7 Å². The number of carbonyl (C=O) groups is 1. The topological polar surface area (TPSA) is 116 Å². The second-order valence-corrected chi connectivity index (χ2v) is 7.09. The first-order chi connectivity index (χ1) is 15.4. The molecule has 0 fully saturated rings. The van der Waals surface area contributed by atoms with Crippen LogP contribution in [0.4, 0.5) is 5.69 Å². The van der Waals surface area contributed by atoms with E-state index in [2.05, 4.69) is 10.4 Å². The van der Waals surface area contributed by atoms with E-state index in [1.165, 1.54) is 13.2 Å². The predicted molar refractivity (Wildman–Crippen MR) is 120 cm³/mol. The molecule has 4 aromatic rings. The van der Waals surface area contributed by atoms with Crippen LogP contribution in [-0.2, 0) is 0 Å². The number of aromatic nitrogens is 2. The number of nitrogens with one attached hydrogen (secondary N) is 1. The average Bonchev–Trinajstić information content (AvgIpc) is 2.80. The number of ether oxygens (including phenoxy) is 1. The van der Waals surface area contributed by atoms with Crippen molar-refractivity contribution >= 4 is 34.1 Å².